The van der Waals surface area contributed by atoms with E-state index in [0.29, 0.717) is 0 Å². The van der Waals surface area contributed by atoms with Gasteiger partial charge in [-0.15, -0.1) is 6.58 Å². The van der Waals surface area contributed by atoms with Crippen molar-refractivity contribution in [3.05, 3.63) is 48.1 Å². The van der Waals surface area contributed by atoms with Crippen LogP contribution in [0.3, 0.4) is 0 Å². The molecule has 1 N–H and O–H groups in total. The van der Waals surface area contributed by atoms with Gasteiger partial charge in [0.2, 0.25) is 0 Å². The van der Waals surface area contributed by atoms with E-state index >= 15 is 0 Å². The summed E-state index contributed by atoms with van der Waals surface area (Å²) in [6, 6.07) is 3.11. The van der Waals surface area contributed by atoms with E-state index in [1.54, 1.807) is 0 Å². The molecule has 0 spiro atoms. The topological polar surface area (TPSA) is 23.5 Å². The largest absolute Gasteiger partial charge is 0.387 e. The molecule has 0 aliphatic heterocycles. The van der Waals surface area contributed by atoms with Crippen LogP contribution in [0.25, 0.3) is 0 Å². The molecule has 0 fully saturated rings. The molecule has 0 bridgehead atoms. The Morgan fingerprint density at radius 2 is 2.17 bits per heavy atom. The van der Waals surface area contributed by atoms with Gasteiger partial charge >= 0.3 is 0 Å². The van der Waals surface area contributed by atoms with Crippen LogP contribution in [0.5, 0.6) is 0 Å². The van der Waals surface area contributed by atoms with Crippen LogP contribution < -0.4 is 0 Å². The molecule has 1 rings (SSSR count). The maximum Gasteiger partial charge on any atom is 0.129 e. The number of allylic oxidation sites excluding steroid dienone is 1. The molecule has 18 heavy (non-hydrogen) atoms. The molecular weight excluding hydrogens is 236 g/mol. The number of halogens is 2. The molecule has 0 aliphatic carbocycles. The number of likely N-dealkylation sites (N-methyl/N-ethyl adjacent to an activating group) is 1. The first kappa shape index (κ1) is 14.8. The van der Waals surface area contributed by atoms with Gasteiger partial charge in [-0.2, -0.15) is 0 Å². The molecule has 2 nitrogen and oxygen atoms in total. The van der Waals surface area contributed by atoms with Crippen molar-refractivity contribution in [3.8, 4) is 0 Å². The summed E-state index contributed by atoms with van der Waals surface area (Å²) in [6.07, 6.45) is 2.64. The molecule has 1 aromatic rings. The smallest absolute Gasteiger partial charge is 0.129 e. The minimum Gasteiger partial charge on any atom is -0.387 e. The standard InChI is InChI=1S/C14H19F2NO/c1-3-4-5-8-17(2)10-14(18)12-9-11(15)6-7-13(12)16/h3,6-7,9,14,18H,1,4-5,8,10H2,2H3. The van der Waals surface area contributed by atoms with E-state index in [2.05, 4.69) is 6.58 Å². The van der Waals surface area contributed by atoms with Crippen molar-refractivity contribution in [1.82, 2.24) is 4.90 Å². The Hall–Kier alpha value is -1.26. The SMILES string of the molecule is C=CCCCN(C)CC(O)c1cc(F)ccc1F. The zero-order chi connectivity index (χ0) is 13.5. The molecule has 0 saturated carbocycles. The van der Waals surface area contributed by atoms with Crippen LogP contribution >= 0.6 is 0 Å². The normalized spacial score (nSPS) is 12.7. The lowest BCUT2D eigenvalue weighted by Crippen LogP contribution is -2.26. The molecule has 0 heterocycles. The van der Waals surface area contributed by atoms with E-state index < -0.39 is 17.7 Å². The van der Waals surface area contributed by atoms with Crippen molar-refractivity contribution in [2.45, 2.75) is 18.9 Å². The van der Waals surface area contributed by atoms with E-state index in [1.165, 1.54) is 0 Å². The molecule has 0 aromatic heterocycles. The van der Waals surface area contributed by atoms with Gasteiger partial charge in [0, 0.05) is 12.1 Å². The Bertz CT molecular complexity index is 395. The minimum absolute atomic E-state index is 0.00516. The van der Waals surface area contributed by atoms with Gasteiger partial charge in [-0.25, -0.2) is 8.78 Å². The summed E-state index contributed by atoms with van der Waals surface area (Å²) in [4.78, 5) is 1.89. The summed E-state index contributed by atoms with van der Waals surface area (Å²) in [6.45, 7) is 4.68. The van der Waals surface area contributed by atoms with Crippen LogP contribution in [0.2, 0.25) is 0 Å². The fourth-order valence-electron chi connectivity index (χ4n) is 1.76. The Balaban J connectivity index is 2.55. The molecule has 100 valence electrons. The van der Waals surface area contributed by atoms with Gasteiger partial charge in [-0.1, -0.05) is 6.08 Å². The highest BCUT2D eigenvalue weighted by atomic mass is 19.1. The second-order valence-electron chi connectivity index (χ2n) is 4.37. The van der Waals surface area contributed by atoms with Crippen molar-refractivity contribution in [3.63, 3.8) is 0 Å². The zero-order valence-electron chi connectivity index (χ0n) is 10.6. The first-order valence-corrected chi connectivity index (χ1v) is 5.97. The Kier molecular flexibility index (Phi) is 5.95. The van der Waals surface area contributed by atoms with Crippen molar-refractivity contribution in [2.75, 3.05) is 20.1 Å². The second kappa shape index (κ2) is 7.24. The van der Waals surface area contributed by atoms with Crippen molar-refractivity contribution in [1.29, 1.82) is 0 Å². The number of hydrogen-bond acceptors (Lipinski definition) is 2. The van der Waals surface area contributed by atoms with Crippen LogP contribution in [0.1, 0.15) is 24.5 Å². The van der Waals surface area contributed by atoms with Crippen LogP contribution in [0, 0.1) is 11.6 Å². The van der Waals surface area contributed by atoms with Gasteiger partial charge in [0.05, 0.1) is 6.10 Å². The van der Waals surface area contributed by atoms with E-state index in [0.717, 1.165) is 37.6 Å². The number of rotatable bonds is 7. The third-order valence-electron chi connectivity index (χ3n) is 2.75. The summed E-state index contributed by atoms with van der Waals surface area (Å²) >= 11 is 0. The third-order valence-corrected chi connectivity index (χ3v) is 2.75. The number of nitrogens with zero attached hydrogens (tertiary/aromatic N) is 1. The average Bonchev–Trinajstić information content (AvgIpc) is 2.32. The van der Waals surface area contributed by atoms with Gasteiger partial charge in [-0.05, 0) is 44.6 Å². The second-order valence-corrected chi connectivity index (χ2v) is 4.37. The number of aliphatic hydroxyl groups excluding tert-OH is 1. The van der Waals surface area contributed by atoms with Gasteiger partial charge < -0.3 is 10.0 Å². The van der Waals surface area contributed by atoms with Crippen molar-refractivity contribution < 1.29 is 13.9 Å². The summed E-state index contributed by atoms with van der Waals surface area (Å²) in [7, 11) is 1.84. The number of hydrogen-bond donors (Lipinski definition) is 1. The van der Waals surface area contributed by atoms with Crippen molar-refractivity contribution in [2.24, 2.45) is 0 Å². The lowest BCUT2D eigenvalue weighted by Gasteiger charge is -2.20. The lowest BCUT2D eigenvalue weighted by atomic mass is 10.1. The van der Waals surface area contributed by atoms with E-state index in [1.807, 2.05) is 18.0 Å². The maximum atomic E-state index is 13.4. The molecule has 0 aliphatic rings. The molecule has 0 amide bonds. The third kappa shape index (κ3) is 4.55. The fourth-order valence-corrected chi connectivity index (χ4v) is 1.76. The summed E-state index contributed by atoms with van der Waals surface area (Å²) in [5.41, 5.74) is 0.00516. The maximum absolute atomic E-state index is 13.4. The molecule has 1 atom stereocenters. The summed E-state index contributed by atoms with van der Waals surface area (Å²) < 4.78 is 26.4. The summed E-state index contributed by atoms with van der Waals surface area (Å²) in [5.74, 6) is -1.12. The monoisotopic (exact) mass is 255 g/mol. The van der Waals surface area contributed by atoms with E-state index in [4.69, 9.17) is 0 Å². The molecular formula is C14H19F2NO. The van der Waals surface area contributed by atoms with Crippen LogP contribution in [0.4, 0.5) is 8.78 Å². The van der Waals surface area contributed by atoms with Crippen LogP contribution in [0.15, 0.2) is 30.9 Å². The quantitative estimate of drug-likeness (QED) is 0.598. The Labute approximate surface area is 107 Å². The molecule has 4 heteroatoms. The first-order chi connectivity index (χ1) is 8.54. The van der Waals surface area contributed by atoms with Gasteiger partial charge in [-0.3, -0.25) is 0 Å². The Morgan fingerprint density at radius 1 is 1.44 bits per heavy atom. The first-order valence-electron chi connectivity index (χ1n) is 5.97. The molecule has 1 aromatic carbocycles. The van der Waals surface area contributed by atoms with Gasteiger partial charge in [0.1, 0.15) is 11.6 Å². The average molecular weight is 255 g/mol. The number of benzene rings is 1. The molecule has 1 unspecified atom stereocenters. The minimum atomic E-state index is -1.02. The highest BCUT2D eigenvalue weighted by Crippen LogP contribution is 2.19. The lowest BCUT2D eigenvalue weighted by molar-refractivity contribution is 0.122. The molecule has 0 saturated heterocycles. The van der Waals surface area contributed by atoms with Gasteiger partial charge in [0.15, 0.2) is 0 Å². The number of unbranched alkanes of at least 4 members (excludes halogenated alkanes) is 1. The highest BCUT2D eigenvalue weighted by Gasteiger charge is 2.15. The molecule has 0 radical (unpaired) electrons. The van der Waals surface area contributed by atoms with Crippen molar-refractivity contribution >= 4 is 0 Å². The number of aliphatic hydroxyl groups is 1. The van der Waals surface area contributed by atoms with Crippen LogP contribution in [-0.2, 0) is 0 Å². The predicted molar refractivity (Wildman–Crippen MR) is 68.2 cm³/mol. The fraction of sp³-hybridized carbons (Fsp3) is 0.429. The van der Waals surface area contributed by atoms with E-state index in [-0.39, 0.29) is 12.1 Å². The Morgan fingerprint density at radius 3 is 2.83 bits per heavy atom. The predicted octanol–water partition coefficient (Wildman–Crippen LogP) is 2.90. The van der Waals surface area contributed by atoms with Gasteiger partial charge in [0.25, 0.3) is 0 Å². The van der Waals surface area contributed by atoms with Crippen LogP contribution in [-0.4, -0.2) is 30.1 Å². The highest BCUT2D eigenvalue weighted by molar-refractivity contribution is 5.21. The summed E-state index contributed by atoms with van der Waals surface area (Å²) in [5, 5.41) is 9.88. The van der Waals surface area contributed by atoms with E-state index in [9.17, 15) is 13.9 Å². The zero-order valence-corrected chi connectivity index (χ0v) is 10.6.